The number of hydrogen-bond acceptors (Lipinski definition) is 2. The number of rotatable bonds is 12. The van der Waals surface area contributed by atoms with Gasteiger partial charge in [0, 0.05) is 6.08 Å². The van der Waals surface area contributed by atoms with Gasteiger partial charge in [-0.05, 0) is 54.7 Å². The maximum Gasteiger partial charge on any atom is 0.331 e. The Kier molecular flexibility index (Phi) is 10.7. The van der Waals surface area contributed by atoms with Crippen LogP contribution >= 0.6 is 0 Å². The molecule has 28 heavy (non-hydrogen) atoms. The Morgan fingerprint density at radius 3 is 2.50 bits per heavy atom. The van der Waals surface area contributed by atoms with Crippen molar-refractivity contribution in [3.05, 3.63) is 53.6 Å². The largest absolute Gasteiger partial charge is 0.462 e. The van der Waals surface area contributed by atoms with Crippen molar-refractivity contribution >= 4 is 11.5 Å². The van der Waals surface area contributed by atoms with E-state index >= 15 is 0 Å². The van der Waals surface area contributed by atoms with Crippen molar-refractivity contribution in [1.29, 1.82) is 0 Å². The molecule has 0 aromatic heterocycles. The minimum Gasteiger partial charge on any atom is -0.462 e. The van der Waals surface area contributed by atoms with E-state index in [9.17, 15) is 4.79 Å². The van der Waals surface area contributed by atoms with Gasteiger partial charge in [0.1, 0.15) is 0 Å². The third-order valence-corrected chi connectivity index (χ3v) is 5.61. The van der Waals surface area contributed by atoms with E-state index in [1.54, 1.807) is 6.08 Å². The molecule has 0 amide bonds. The summed E-state index contributed by atoms with van der Waals surface area (Å²) in [6, 6.07) is 10.5. The van der Waals surface area contributed by atoms with Crippen molar-refractivity contribution < 1.29 is 9.53 Å². The zero-order chi connectivity index (χ0) is 20.0. The zero-order valence-corrected chi connectivity index (χ0v) is 17.9. The smallest absolute Gasteiger partial charge is 0.331 e. The molecular weight excluding hydrogens is 344 g/mol. The molecule has 2 nitrogen and oxygen atoms in total. The second-order valence-corrected chi connectivity index (χ2v) is 8.10. The van der Waals surface area contributed by atoms with Crippen LogP contribution in [0.5, 0.6) is 0 Å². The second-order valence-electron chi connectivity index (χ2n) is 8.10. The van der Waals surface area contributed by atoms with E-state index in [2.05, 4.69) is 44.2 Å². The topological polar surface area (TPSA) is 26.3 Å². The van der Waals surface area contributed by atoms with E-state index in [1.165, 1.54) is 62.5 Å². The Morgan fingerprint density at radius 2 is 1.75 bits per heavy atom. The number of esters is 1. The van der Waals surface area contributed by atoms with Crippen LogP contribution in [0.25, 0.3) is 5.57 Å². The van der Waals surface area contributed by atoms with Gasteiger partial charge in [0.2, 0.25) is 0 Å². The minimum atomic E-state index is -0.171. The van der Waals surface area contributed by atoms with Gasteiger partial charge in [-0.1, -0.05) is 88.8 Å². The van der Waals surface area contributed by atoms with Crippen LogP contribution < -0.4 is 0 Å². The molecule has 2 rings (SSSR count). The van der Waals surface area contributed by atoms with Crippen LogP contribution in [0.15, 0.2) is 48.1 Å². The van der Waals surface area contributed by atoms with Gasteiger partial charge in [-0.15, -0.1) is 0 Å². The van der Waals surface area contributed by atoms with Crippen LogP contribution in [0.4, 0.5) is 0 Å². The molecule has 0 bridgehead atoms. The van der Waals surface area contributed by atoms with E-state index in [-0.39, 0.29) is 5.97 Å². The highest BCUT2D eigenvalue weighted by atomic mass is 16.5. The third kappa shape index (κ3) is 8.46. The molecule has 0 N–H and O–H groups in total. The molecule has 1 aliphatic rings. The highest BCUT2D eigenvalue weighted by molar-refractivity contribution is 5.84. The van der Waals surface area contributed by atoms with Crippen molar-refractivity contribution in [2.24, 2.45) is 5.92 Å². The molecule has 154 valence electrons. The first-order valence-corrected chi connectivity index (χ1v) is 11.4. The van der Waals surface area contributed by atoms with Gasteiger partial charge >= 0.3 is 5.97 Å². The van der Waals surface area contributed by atoms with Crippen molar-refractivity contribution in [1.82, 2.24) is 0 Å². The molecule has 2 heteroatoms. The first-order valence-electron chi connectivity index (χ1n) is 11.4. The summed E-state index contributed by atoms with van der Waals surface area (Å²) in [7, 11) is 0. The molecule has 1 aromatic carbocycles. The number of unbranched alkanes of at least 4 members (excludes halogenated alkanes) is 4. The molecule has 0 aliphatic heterocycles. The normalized spacial score (nSPS) is 16.6. The Hall–Kier alpha value is -1.83. The Bertz CT molecular complexity index is 627. The van der Waals surface area contributed by atoms with E-state index in [0.29, 0.717) is 12.5 Å². The summed E-state index contributed by atoms with van der Waals surface area (Å²) < 4.78 is 5.66. The van der Waals surface area contributed by atoms with Crippen LogP contribution in [0.2, 0.25) is 0 Å². The zero-order valence-electron chi connectivity index (χ0n) is 17.9. The van der Waals surface area contributed by atoms with E-state index in [4.69, 9.17) is 4.74 Å². The first-order chi connectivity index (χ1) is 13.7. The van der Waals surface area contributed by atoms with E-state index < -0.39 is 0 Å². The number of hydrogen-bond donors (Lipinski definition) is 0. The van der Waals surface area contributed by atoms with Crippen molar-refractivity contribution in [3.63, 3.8) is 0 Å². The highest BCUT2D eigenvalue weighted by Crippen LogP contribution is 2.29. The minimum absolute atomic E-state index is 0.171. The molecule has 0 saturated carbocycles. The van der Waals surface area contributed by atoms with Gasteiger partial charge < -0.3 is 4.74 Å². The lowest BCUT2D eigenvalue weighted by Crippen LogP contribution is -2.14. The monoisotopic (exact) mass is 382 g/mol. The first kappa shape index (κ1) is 22.5. The van der Waals surface area contributed by atoms with Gasteiger partial charge in [0.25, 0.3) is 0 Å². The number of ether oxygens (including phenoxy) is 1. The molecule has 0 heterocycles. The van der Waals surface area contributed by atoms with E-state index in [1.807, 2.05) is 6.07 Å². The standard InChI is InChI=1S/C26H38O2/c1-3-5-7-9-14-22(13-6-4-2)21-28-26(27)20-23-15-12-18-25(19-23)24-16-10-8-11-17-24/h8,10-11,16-17,19-20,22H,3-7,9,12-15,18,21H2,1-2H3/b23-20+. The maximum absolute atomic E-state index is 12.4. The summed E-state index contributed by atoms with van der Waals surface area (Å²) in [4.78, 5) is 12.4. The fourth-order valence-corrected chi connectivity index (χ4v) is 3.90. The summed E-state index contributed by atoms with van der Waals surface area (Å²) in [6.45, 7) is 5.04. The van der Waals surface area contributed by atoms with Crippen LogP contribution in [0.3, 0.4) is 0 Å². The summed E-state index contributed by atoms with van der Waals surface area (Å²) >= 11 is 0. The number of carbonyl (C=O) groups excluding carboxylic acids is 1. The van der Waals surface area contributed by atoms with Gasteiger partial charge in [0.15, 0.2) is 0 Å². The maximum atomic E-state index is 12.4. The second kappa shape index (κ2) is 13.4. The molecule has 0 spiro atoms. The number of carbonyl (C=O) groups is 1. The van der Waals surface area contributed by atoms with Gasteiger partial charge in [0.05, 0.1) is 6.61 Å². The predicted molar refractivity (Wildman–Crippen MR) is 119 cm³/mol. The summed E-state index contributed by atoms with van der Waals surface area (Å²) in [6.07, 6.45) is 16.9. The van der Waals surface area contributed by atoms with Crippen LogP contribution in [0, 0.1) is 5.92 Å². The predicted octanol–water partition coefficient (Wildman–Crippen LogP) is 7.50. The molecule has 0 saturated heterocycles. The lowest BCUT2D eigenvalue weighted by atomic mass is 9.90. The number of allylic oxidation sites excluding steroid dienone is 3. The molecular formula is C26H38O2. The molecule has 1 aliphatic carbocycles. The average molecular weight is 383 g/mol. The summed E-state index contributed by atoms with van der Waals surface area (Å²) in [5, 5.41) is 0. The fraction of sp³-hybridized carbons (Fsp3) is 0.577. The van der Waals surface area contributed by atoms with Crippen LogP contribution in [0.1, 0.15) is 90.0 Å². The Balaban J connectivity index is 1.87. The molecule has 1 unspecified atom stereocenters. The molecule has 0 radical (unpaired) electrons. The van der Waals surface area contributed by atoms with Gasteiger partial charge in [-0.3, -0.25) is 0 Å². The van der Waals surface area contributed by atoms with Gasteiger partial charge in [-0.2, -0.15) is 0 Å². The van der Waals surface area contributed by atoms with Crippen LogP contribution in [-0.4, -0.2) is 12.6 Å². The molecule has 0 fully saturated rings. The molecule has 1 atom stereocenters. The van der Waals surface area contributed by atoms with Crippen molar-refractivity contribution in [2.75, 3.05) is 6.61 Å². The quantitative estimate of drug-likeness (QED) is 0.212. The Morgan fingerprint density at radius 1 is 1.00 bits per heavy atom. The Labute approximate surface area is 172 Å². The van der Waals surface area contributed by atoms with Crippen molar-refractivity contribution in [3.8, 4) is 0 Å². The highest BCUT2D eigenvalue weighted by Gasteiger charge is 2.13. The van der Waals surface area contributed by atoms with Crippen LogP contribution in [-0.2, 0) is 9.53 Å². The third-order valence-electron chi connectivity index (χ3n) is 5.61. The SMILES string of the molecule is CCCCCCC(CCCC)COC(=O)/C=C1/C=C(c2ccccc2)CCC1. The lowest BCUT2D eigenvalue weighted by molar-refractivity contribution is -0.139. The fourth-order valence-electron chi connectivity index (χ4n) is 3.90. The summed E-state index contributed by atoms with van der Waals surface area (Å²) in [5.41, 5.74) is 3.68. The number of benzene rings is 1. The average Bonchev–Trinajstić information content (AvgIpc) is 2.73. The molecule has 1 aromatic rings. The van der Waals surface area contributed by atoms with E-state index in [0.717, 1.165) is 24.8 Å². The summed E-state index contributed by atoms with van der Waals surface area (Å²) in [5.74, 6) is 0.344. The lowest BCUT2D eigenvalue weighted by Gasteiger charge is -2.17. The van der Waals surface area contributed by atoms with Gasteiger partial charge in [-0.25, -0.2) is 4.79 Å². The van der Waals surface area contributed by atoms with Crippen molar-refractivity contribution in [2.45, 2.75) is 84.5 Å².